The number of Topliss-reactive ketones (excluding diaryl/α,β-unsaturated/α-hetero) is 4. The molecule has 10 nitrogen and oxygen atoms in total. The first-order valence-electron chi connectivity index (χ1n) is 16.5. The Labute approximate surface area is 297 Å². The second-order valence-corrected chi connectivity index (χ2v) is 12.8. The Morgan fingerprint density at radius 2 is 0.923 bits per heavy atom. The lowest BCUT2D eigenvalue weighted by Gasteiger charge is -2.60. The lowest BCUT2D eigenvalue weighted by Crippen LogP contribution is -2.91. The summed E-state index contributed by atoms with van der Waals surface area (Å²) in [5, 5.41) is 53.0. The maximum absolute atomic E-state index is 15.0. The van der Waals surface area contributed by atoms with Gasteiger partial charge in [-0.3, -0.25) is 19.2 Å². The number of nitrogens with one attached hydrogen (secondary N) is 1. The van der Waals surface area contributed by atoms with E-state index in [4.69, 9.17) is 4.74 Å². The number of hydrogen-bond donors (Lipinski definition) is 5. The molecule has 0 radical (unpaired) electrons. The van der Waals surface area contributed by atoms with E-state index < -0.39 is 58.2 Å². The number of aromatic amines is 1. The minimum Gasteiger partial charge on any atom is -0.376 e. The van der Waals surface area contributed by atoms with Crippen LogP contribution in [0.1, 0.15) is 47.1 Å². The molecule has 1 saturated heterocycles. The molecular formula is C42H33NO9. The predicted octanol–water partition coefficient (Wildman–Crippen LogP) is 4.52. The molecule has 1 aromatic heterocycles. The molecule has 5 aromatic carbocycles. The monoisotopic (exact) mass is 695 g/mol. The first-order chi connectivity index (χ1) is 25.0. The molecule has 0 bridgehead atoms. The van der Waals surface area contributed by atoms with Crippen molar-refractivity contribution in [3.8, 4) is 0 Å². The summed E-state index contributed by atoms with van der Waals surface area (Å²) in [5.74, 6) is -9.64. The molecule has 2 heterocycles. The largest absolute Gasteiger partial charge is 0.376 e. The highest BCUT2D eigenvalue weighted by atomic mass is 16.7. The topological polar surface area (TPSA) is 174 Å². The van der Waals surface area contributed by atoms with Gasteiger partial charge in [-0.05, 0) is 17.5 Å². The fraction of sp³-hybridized carbons (Fsp3) is 0.143. The second kappa shape index (κ2) is 13.0. The van der Waals surface area contributed by atoms with Crippen molar-refractivity contribution in [2.75, 3.05) is 0 Å². The predicted molar refractivity (Wildman–Crippen MR) is 190 cm³/mol. The number of carbonyl (C=O) groups is 4. The number of rotatable bonds is 10. The Bertz CT molecular complexity index is 2260. The van der Waals surface area contributed by atoms with Crippen LogP contribution in [0.4, 0.5) is 0 Å². The van der Waals surface area contributed by atoms with Crippen LogP contribution in [0.5, 0.6) is 0 Å². The van der Waals surface area contributed by atoms with Crippen LogP contribution < -0.4 is 0 Å². The summed E-state index contributed by atoms with van der Waals surface area (Å²) in [4.78, 5) is 62.6. The number of H-pyrrole nitrogens is 1. The van der Waals surface area contributed by atoms with Gasteiger partial charge in [0.1, 0.15) is 6.10 Å². The average Bonchev–Trinajstić information content (AvgIpc) is 3.61. The number of ketones is 4. The fourth-order valence-electron chi connectivity index (χ4n) is 7.14. The fourth-order valence-corrected chi connectivity index (χ4v) is 7.14. The molecule has 0 saturated carbocycles. The van der Waals surface area contributed by atoms with E-state index in [-0.39, 0.29) is 22.3 Å². The van der Waals surface area contributed by atoms with E-state index in [0.717, 1.165) is 0 Å². The Morgan fingerprint density at radius 1 is 0.519 bits per heavy atom. The molecule has 1 fully saturated rings. The summed E-state index contributed by atoms with van der Waals surface area (Å²) in [6, 6.07) is 36.7. The molecule has 1 unspecified atom stereocenters. The van der Waals surface area contributed by atoms with E-state index >= 15 is 4.79 Å². The molecule has 0 aliphatic carbocycles. The van der Waals surface area contributed by atoms with Crippen LogP contribution in [0.3, 0.4) is 0 Å². The zero-order chi connectivity index (χ0) is 36.7. The number of ether oxygens (including phenoxy) is 1. The van der Waals surface area contributed by atoms with Crippen LogP contribution in [0.2, 0.25) is 0 Å². The van der Waals surface area contributed by atoms with Gasteiger partial charge < -0.3 is 30.1 Å². The molecule has 1 aliphatic heterocycles. The summed E-state index contributed by atoms with van der Waals surface area (Å²) in [6.45, 7) is 0. The molecule has 52 heavy (non-hydrogen) atoms. The van der Waals surface area contributed by atoms with Crippen LogP contribution in [-0.4, -0.2) is 77.2 Å². The summed E-state index contributed by atoms with van der Waals surface area (Å²) < 4.78 is 6.12. The normalized spacial score (nSPS) is 25.7. The van der Waals surface area contributed by atoms with Gasteiger partial charge in [-0.2, -0.15) is 0 Å². The first-order valence-corrected chi connectivity index (χ1v) is 16.5. The zero-order valence-corrected chi connectivity index (χ0v) is 27.5. The van der Waals surface area contributed by atoms with E-state index in [9.17, 15) is 34.8 Å². The van der Waals surface area contributed by atoms with Gasteiger partial charge in [0, 0.05) is 39.9 Å². The summed E-state index contributed by atoms with van der Waals surface area (Å²) in [6.07, 6.45) is -2.69. The van der Waals surface area contributed by atoms with Crippen molar-refractivity contribution in [3.63, 3.8) is 0 Å². The molecule has 7 rings (SSSR count). The highest BCUT2D eigenvalue weighted by Gasteiger charge is 2.86. The Kier molecular flexibility index (Phi) is 8.66. The molecule has 5 atom stereocenters. The van der Waals surface area contributed by atoms with E-state index in [2.05, 4.69) is 4.98 Å². The summed E-state index contributed by atoms with van der Waals surface area (Å²) >= 11 is 0. The summed E-state index contributed by atoms with van der Waals surface area (Å²) in [5.41, 5.74) is -11.9. The molecular weight excluding hydrogens is 662 g/mol. The first kappa shape index (κ1) is 34.6. The molecule has 6 aromatic rings. The highest BCUT2D eigenvalue weighted by molar-refractivity contribution is 6.21. The van der Waals surface area contributed by atoms with Crippen LogP contribution in [0.15, 0.2) is 152 Å². The number of fused-ring (bicyclic) bond motifs is 1. The van der Waals surface area contributed by atoms with Crippen molar-refractivity contribution < 1.29 is 44.3 Å². The summed E-state index contributed by atoms with van der Waals surface area (Å²) in [7, 11) is 0. The van der Waals surface area contributed by atoms with Crippen molar-refractivity contribution in [2.45, 2.75) is 35.1 Å². The van der Waals surface area contributed by atoms with Gasteiger partial charge in [0.25, 0.3) is 5.79 Å². The van der Waals surface area contributed by atoms with Crippen LogP contribution in [0, 0.1) is 0 Å². The smallest absolute Gasteiger partial charge is 0.272 e. The van der Waals surface area contributed by atoms with Crippen LogP contribution in [-0.2, 0) is 11.2 Å². The van der Waals surface area contributed by atoms with Gasteiger partial charge in [0.15, 0.2) is 5.60 Å². The molecule has 0 amide bonds. The number of carbonyl (C=O) groups excluding carboxylic acids is 4. The van der Waals surface area contributed by atoms with E-state index in [0.29, 0.717) is 16.6 Å². The van der Waals surface area contributed by atoms with Crippen molar-refractivity contribution in [1.82, 2.24) is 4.98 Å². The third kappa shape index (κ3) is 5.08. The van der Waals surface area contributed by atoms with Crippen LogP contribution >= 0.6 is 0 Å². The number of hydrogen-bond acceptors (Lipinski definition) is 9. The van der Waals surface area contributed by atoms with Gasteiger partial charge >= 0.3 is 0 Å². The Hall–Kier alpha value is -5.88. The number of aromatic nitrogens is 1. The standard InChI is InChI=1S/C42H33NO9/c44-35(27-15-5-1-6-16-27)39(48)34(26-32-25-31-23-13-14-24-33(31)43-32)52-42(51,38(47)30-21-11-4-12-22-30)41(50,37(46)29-19-9-3-10-20-29)40(39,49)36(45)28-17-7-2-8-18-28/h1-25,34,43,48-51H,26H2/t34-,39-,40+,41-,42?/m1/s1. The van der Waals surface area contributed by atoms with Crippen molar-refractivity contribution in [1.29, 1.82) is 0 Å². The Morgan fingerprint density at radius 3 is 1.40 bits per heavy atom. The van der Waals surface area contributed by atoms with Crippen LogP contribution in [0.25, 0.3) is 10.9 Å². The van der Waals surface area contributed by atoms with Gasteiger partial charge in [0.2, 0.25) is 34.3 Å². The minimum atomic E-state index is -4.07. The number of para-hydroxylation sites is 1. The van der Waals surface area contributed by atoms with Gasteiger partial charge in [0.05, 0.1) is 0 Å². The van der Waals surface area contributed by atoms with Gasteiger partial charge in [-0.25, -0.2) is 0 Å². The number of benzene rings is 5. The van der Waals surface area contributed by atoms with E-state index in [1.807, 2.05) is 0 Å². The number of aliphatic hydroxyl groups is 4. The molecule has 0 spiro atoms. The molecule has 1 aliphatic rings. The molecule has 5 N–H and O–H groups in total. The van der Waals surface area contributed by atoms with Crippen molar-refractivity contribution in [3.05, 3.63) is 180 Å². The van der Waals surface area contributed by atoms with Gasteiger partial charge in [-0.15, -0.1) is 0 Å². The lowest BCUT2D eigenvalue weighted by molar-refractivity contribution is -0.374. The lowest BCUT2D eigenvalue weighted by atomic mass is 9.54. The van der Waals surface area contributed by atoms with Crippen molar-refractivity contribution >= 4 is 34.0 Å². The SMILES string of the molecule is O=C(c1ccccc1)C1(O)O[C@H](Cc2cc3ccccc3[nH]2)[C@@](O)(C(=O)c2ccccc2)[C@@](O)(C(=O)c2ccccc2)[C@]1(O)C(=O)c1ccccc1. The van der Waals surface area contributed by atoms with Crippen molar-refractivity contribution in [2.24, 2.45) is 0 Å². The van der Waals surface area contributed by atoms with E-state index in [1.165, 1.54) is 97.1 Å². The molecule has 10 heteroatoms. The maximum atomic E-state index is 15.0. The third-order valence-electron chi connectivity index (χ3n) is 9.79. The van der Waals surface area contributed by atoms with Gasteiger partial charge in [-0.1, -0.05) is 140 Å². The zero-order valence-electron chi connectivity index (χ0n) is 27.5. The minimum absolute atomic E-state index is 0.233. The molecule has 260 valence electrons. The van der Waals surface area contributed by atoms with E-state index in [1.54, 1.807) is 54.6 Å². The maximum Gasteiger partial charge on any atom is 0.272 e. The highest BCUT2D eigenvalue weighted by Crippen LogP contribution is 2.54. The average molecular weight is 696 g/mol. The quantitative estimate of drug-likeness (QED) is 0.129. The second-order valence-electron chi connectivity index (χ2n) is 12.8. The Balaban J connectivity index is 1.58. The third-order valence-corrected chi connectivity index (χ3v) is 9.79.